The van der Waals surface area contributed by atoms with Crippen LogP contribution in [0.2, 0.25) is 0 Å². The summed E-state index contributed by atoms with van der Waals surface area (Å²) in [4.78, 5) is 13.4. The molecule has 1 fully saturated rings. The summed E-state index contributed by atoms with van der Waals surface area (Å²) in [6, 6.07) is 0.193. The van der Waals surface area contributed by atoms with Gasteiger partial charge in [0.25, 0.3) is 0 Å². The molecule has 1 aliphatic heterocycles. The van der Waals surface area contributed by atoms with Gasteiger partial charge in [0.15, 0.2) is 0 Å². The van der Waals surface area contributed by atoms with Gasteiger partial charge >= 0.3 is 6.18 Å². The van der Waals surface area contributed by atoms with Gasteiger partial charge in [-0.15, -0.1) is 0 Å². The fourth-order valence-corrected chi connectivity index (χ4v) is 2.04. The van der Waals surface area contributed by atoms with E-state index in [4.69, 9.17) is 4.74 Å². The van der Waals surface area contributed by atoms with Crippen LogP contribution < -0.4 is 5.32 Å². The summed E-state index contributed by atoms with van der Waals surface area (Å²) < 4.78 is 45.2. The second-order valence-electron chi connectivity index (χ2n) is 4.73. The van der Waals surface area contributed by atoms with E-state index < -0.39 is 25.3 Å². The first kappa shape index (κ1) is 17.2. The largest absolute Gasteiger partial charge is 0.411 e. The number of carbonyl (C=O) groups excluding carboxylic acids is 1. The Hall–Kier alpha value is -0.860. The number of ether oxygens (including phenoxy) is 2. The second kappa shape index (κ2) is 8.43. The molecule has 1 saturated heterocycles. The van der Waals surface area contributed by atoms with Gasteiger partial charge in [0.2, 0.25) is 5.91 Å². The number of nitrogens with zero attached hydrogens (tertiary/aromatic N) is 1. The van der Waals surface area contributed by atoms with Gasteiger partial charge in [-0.05, 0) is 19.4 Å². The molecule has 1 atom stereocenters. The van der Waals surface area contributed by atoms with Gasteiger partial charge < -0.3 is 19.7 Å². The summed E-state index contributed by atoms with van der Waals surface area (Å²) in [6.45, 7) is 0.105. The Labute approximate surface area is 116 Å². The number of halogens is 3. The van der Waals surface area contributed by atoms with Crippen molar-refractivity contribution in [1.29, 1.82) is 0 Å². The third-order valence-electron chi connectivity index (χ3n) is 3.01. The van der Waals surface area contributed by atoms with Gasteiger partial charge in [-0.2, -0.15) is 13.2 Å². The van der Waals surface area contributed by atoms with Gasteiger partial charge in [0, 0.05) is 26.2 Å². The van der Waals surface area contributed by atoms with Crippen molar-refractivity contribution < 1.29 is 27.4 Å². The number of nitrogens with one attached hydrogen (secondary N) is 1. The molecule has 0 bridgehead atoms. The Kier molecular flexibility index (Phi) is 7.25. The zero-order valence-electron chi connectivity index (χ0n) is 11.5. The number of rotatable bonds is 8. The van der Waals surface area contributed by atoms with Crippen LogP contribution in [0.5, 0.6) is 0 Å². The average molecular weight is 298 g/mol. The molecule has 118 valence electrons. The van der Waals surface area contributed by atoms with E-state index >= 15 is 0 Å². The van der Waals surface area contributed by atoms with Crippen molar-refractivity contribution >= 4 is 5.91 Å². The number of alkyl halides is 3. The van der Waals surface area contributed by atoms with Crippen molar-refractivity contribution in [1.82, 2.24) is 10.2 Å². The minimum atomic E-state index is -4.41. The maximum Gasteiger partial charge on any atom is 0.411 e. The van der Waals surface area contributed by atoms with Crippen LogP contribution in [0.4, 0.5) is 13.2 Å². The maximum absolute atomic E-state index is 12.0. The van der Waals surface area contributed by atoms with Crippen molar-refractivity contribution in [2.45, 2.75) is 25.1 Å². The van der Waals surface area contributed by atoms with E-state index in [0.29, 0.717) is 19.7 Å². The van der Waals surface area contributed by atoms with Gasteiger partial charge in [-0.1, -0.05) is 0 Å². The standard InChI is InChI=1S/C12H21F3N2O3/c1-19-6-5-17(7-10-3-2-4-16-10)11(18)8-20-9-12(13,14)15/h10,16H,2-9H2,1H3. The molecule has 1 N–H and O–H groups in total. The minimum absolute atomic E-state index is 0.193. The number of hydrogen-bond acceptors (Lipinski definition) is 4. The molecular formula is C12H21F3N2O3. The summed E-state index contributed by atoms with van der Waals surface area (Å²) in [5, 5.41) is 3.24. The van der Waals surface area contributed by atoms with E-state index in [1.165, 1.54) is 12.0 Å². The predicted molar refractivity (Wildman–Crippen MR) is 66.4 cm³/mol. The highest BCUT2D eigenvalue weighted by atomic mass is 19.4. The first-order chi connectivity index (χ1) is 9.42. The molecule has 1 aliphatic rings. The van der Waals surface area contributed by atoms with Gasteiger partial charge in [0.1, 0.15) is 13.2 Å². The molecular weight excluding hydrogens is 277 g/mol. The summed E-state index contributed by atoms with van der Waals surface area (Å²) >= 11 is 0. The second-order valence-corrected chi connectivity index (χ2v) is 4.73. The van der Waals surface area contributed by atoms with Gasteiger partial charge in [-0.3, -0.25) is 4.79 Å². The average Bonchev–Trinajstić information content (AvgIpc) is 2.85. The number of hydrogen-bond donors (Lipinski definition) is 1. The van der Waals surface area contributed by atoms with E-state index in [9.17, 15) is 18.0 Å². The number of carbonyl (C=O) groups is 1. The lowest BCUT2D eigenvalue weighted by atomic mass is 10.2. The van der Waals surface area contributed by atoms with Crippen LogP contribution in [0.25, 0.3) is 0 Å². The Balaban J connectivity index is 2.37. The molecule has 0 spiro atoms. The van der Waals surface area contributed by atoms with Crippen LogP contribution in [0.15, 0.2) is 0 Å². The Morgan fingerprint density at radius 1 is 1.45 bits per heavy atom. The maximum atomic E-state index is 12.0. The van der Waals surface area contributed by atoms with Crippen LogP contribution in [0.1, 0.15) is 12.8 Å². The number of methoxy groups -OCH3 is 1. The Morgan fingerprint density at radius 3 is 2.75 bits per heavy atom. The molecule has 0 aliphatic carbocycles. The highest BCUT2D eigenvalue weighted by molar-refractivity contribution is 5.77. The molecule has 1 rings (SSSR count). The fourth-order valence-electron chi connectivity index (χ4n) is 2.04. The molecule has 0 radical (unpaired) electrons. The fraction of sp³-hybridized carbons (Fsp3) is 0.917. The van der Waals surface area contributed by atoms with E-state index in [2.05, 4.69) is 10.1 Å². The van der Waals surface area contributed by atoms with Gasteiger partial charge in [0.05, 0.1) is 6.61 Å². The van der Waals surface area contributed by atoms with Crippen LogP contribution in [0.3, 0.4) is 0 Å². The molecule has 1 amide bonds. The highest BCUT2D eigenvalue weighted by Gasteiger charge is 2.28. The molecule has 0 aromatic heterocycles. The van der Waals surface area contributed by atoms with Crippen LogP contribution in [0, 0.1) is 0 Å². The molecule has 20 heavy (non-hydrogen) atoms. The molecule has 1 heterocycles. The molecule has 0 saturated carbocycles. The Bertz CT molecular complexity index is 294. The van der Waals surface area contributed by atoms with Crippen LogP contribution in [-0.2, 0) is 14.3 Å². The van der Waals surface area contributed by atoms with Gasteiger partial charge in [-0.25, -0.2) is 0 Å². The summed E-state index contributed by atoms with van der Waals surface area (Å²) in [6.07, 6.45) is -2.41. The summed E-state index contributed by atoms with van der Waals surface area (Å²) in [7, 11) is 1.51. The predicted octanol–water partition coefficient (Wildman–Crippen LogP) is 0.792. The zero-order valence-corrected chi connectivity index (χ0v) is 11.5. The lowest BCUT2D eigenvalue weighted by molar-refractivity contribution is -0.178. The van der Waals surface area contributed by atoms with Crippen molar-refractivity contribution in [3.05, 3.63) is 0 Å². The minimum Gasteiger partial charge on any atom is -0.383 e. The third-order valence-corrected chi connectivity index (χ3v) is 3.01. The lowest BCUT2D eigenvalue weighted by Gasteiger charge is -2.25. The molecule has 1 unspecified atom stereocenters. The number of amides is 1. The summed E-state index contributed by atoms with van der Waals surface area (Å²) in [5.41, 5.74) is 0. The van der Waals surface area contributed by atoms with Crippen molar-refractivity contribution in [3.8, 4) is 0 Å². The Morgan fingerprint density at radius 2 is 2.20 bits per heavy atom. The molecule has 8 heteroatoms. The quantitative estimate of drug-likeness (QED) is 0.720. The van der Waals surface area contributed by atoms with Crippen molar-refractivity contribution in [2.24, 2.45) is 0 Å². The van der Waals surface area contributed by atoms with Crippen molar-refractivity contribution in [2.75, 3.05) is 46.6 Å². The molecule has 0 aromatic carbocycles. The van der Waals surface area contributed by atoms with E-state index in [1.54, 1.807) is 0 Å². The van der Waals surface area contributed by atoms with E-state index in [-0.39, 0.29) is 6.04 Å². The zero-order chi connectivity index (χ0) is 15.0. The first-order valence-electron chi connectivity index (χ1n) is 6.57. The van der Waals surface area contributed by atoms with E-state index in [1.807, 2.05) is 0 Å². The van der Waals surface area contributed by atoms with Crippen LogP contribution in [-0.4, -0.2) is 69.6 Å². The first-order valence-corrected chi connectivity index (χ1v) is 6.57. The normalized spacial score (nSPS) is 19.3. The molecule has 5 nitrogen and oxygen atoms in total. The smallest absolute Gasteiger partial charge is 0.383 e. The SMILES string of the molecule is COCCN(CC1CCCN1)C(=O)COCC(F)(F)F. The topological polar surface area (TPSA) is 50.8 Å². The monoisotopic (exact) mass is 298 g/mol. The van der Waals surface area contributed by atoms with E-state index in [0.717, 1.165) is 19.4 Å². The van der Waals surface area contributed by atoms with Crippen molar-refractivity contribution in [3.63, 3.8) is 0 Å². The van der Waals surface area contributed by atoms with Crippen LogP contribution >= 0.6 is 0 Å². The highest BCUT2D eigenvalue weighted by Crippen LogP contribution is 2.14. The summed E-state index contributed by atoms with van der Waals surface area (Å²) in [5.74, 6) is -0.444. The lowest BCUT2D eigenvalue weighted by Crippen LogP contribution is -2.44. The third kappa shape index (κ3) is 7.06. The molecule has 0 aromatic rings.